The van der Waals surface area contributed by atoms with Crippen molar-refractivity contribution in [2.45, 2.75) is 18.6 Å². The van der Waals surface area contributed by atoms with Crippen LogP contribution in [0.15, 0.2) is 28.7 Å². The average Bonchev–Trinajstić information content (AvgIpc) is 2.55. The summed E-state index contributed by atoms with van der Waals surface area (Å²) < 4.78 is 11.1. The Labute approximate surface area is 149 Å². The van der Waals surface area contributed by atoms with Gasteiger partial charge in [0.25, 0.3) is 5.91 Å². The maximum atomic E-state index is 12.3. The lowest BCUT2D eigenvalue weighted by Gasteiger charge is -2.25. The van der Waals surface area contributed by atoms with Crippen LogP contribution in [0.5, 0.6) is 0 Å². The largest absolute Gasteiger partial charge is 0.469 e. The minimum absolute atomic E-state index is 0. The van der Waals surface area contributed by atoms with Crippen molar-refractivity contribution in [2.75, 3.05) is 26.8 Å². The number of hydrogen-bond donors (Lipinski definition) is 2. The molecule has 0 saturated carbocycles. The van der Waals surface area contributed by atoms with E-state index in [1.807, 2.05) is 24.3 Å². The number of ether oxygens (including phenoxy) is 2. The topological polar surface area (TPSA) is 76.7 Å². The van der Waals surface area contributed by atoms with Gasteiger partial charge in [-0.05, 0) is 17.7 Å². The lowest BCUT2D eigenvalue weighted by atomic mass is 10.0. The molecule has 0 aromatic heterocycles. The SMILES string of the molecule is COC(=O)CC(NC(=O)C1CNCCO1)c1ccc(Br)cc1.Cl. The van der Waals surface area contributed by atoms with E-state index in [1.165, 1.54) is 7.11 Å². The quantitative estimate of drug-likeness (QED) is 0.725. The molecular formula is C15H20BrClN2O4. The number of hydrogen-bond acceptors (Lipinski definition) is 5. The van der Waals surface area contributed by atoms with Gasteiger partial charge >= 0.3 is 5.97 Å². The van der Waals surface area contributed by atoms with Gasteiger partial charge in [-0.15, -0.1) is 12.4 Å². The summed E-state index contributed by atoms with van der Waals surface area (Å²) in [4.78, 5) is 23.9. The van der Waals surface area contributed by atoms with Crippen molar-refractivity contribution in [3.63, 3.8) is 0 Å². The Morgan fingerprint density at radius 2 is 2.13 bits per heavy atom. The van der Waals surface area contributed by atoms with Crippen molar-refractivity contribution in [1.82, 2.24) is 10.6 Å². The first-order valence-electron chi connectivity index (χ1n) is 7.05. The molecule has 0 bridgehead atoms. The van der Waals surface area contributed by atoms with Gasteiger partial charge in [0, 0.05) is 17.6 Å². The molecule has 1 saturated heterocycles. The Kier molecular flexibility index (Phi) is 8.54. The number of rotatable bonds is 5. The number of carbonyl (C=O) groups excluding carboxylic acids is 2. The monoisotopic (exact) mass is 406 g/mol. The molecule has 128 valence electrons. The number of methoxy groups -OCH3 is 1. The van der Waals surface area contributed by atoms with Gasteiger partial charge in [0.05, 0.1) is 26.2 Å². The van der Waals surface area contributed by atoms with Crippen molar-refractivity contribution in [3.8, 4) is 0 Å². The Morgan fingerprint density at radius 3 is 2.70 bits per heavy atom. The second-order valence-corrected chi connectivity index (χ2v) is 5.87. The maximum absolute atomic E-state index is 12.3. The van der Waals surface area contributed by atoms with E-state index >= 15 is 0 Å². The third-order valence-electron chi connectivity index (χ3n) is 3.41. The van der Waals surface area contributed by atoms with Crippen molar-refractivity contribution in [2.24, 2.45) is 0 Å². The van der Waals surface area contributed by atoms with Gasteiger partial charge in [-0.2, -0.15) is 0 Å². The van der Waals surface area contributed by atoms with E-state index < -0.39 is 12.1 Å². The zero-order valence-corrected chi connectivity index (χ0v) is 15.1. The molecule has 2 unspecified atom stereocenters. The minimum atomic E-state index is -0.538. The third-order valence-corrected chi connectivity index (χ3v) is 3.94. The minimum Gasteiger partial charge on any atom is -0.469 e. The molecule has 1 amide bonds. The standard InChI is InChI=1S/C15H19BrN2O4.ClH/c1-21-14(19)8-12(10-2-4-11(16)5-3-10)18-15(20)13-9-17-6-7-22-13;/h2-5,12-13,17H,6-9H2,1H3,(H,18,20);1H. The first-order valence-corrected chi connectivity index (χ1v) is 7.84. The normalized spacial score (nSPS) is 18.4. The Balaban J connectivity index is 0.00000264. The van der Waals surface area contributed by atoms with Crippen LogP contribution in [0.1, 0.15) is 18.0 Å². The van der Waals surface area contributed by atoms with Crippen LogP contribution in [-0.4, -0.2) is 44.8 Å². The molecule has 1 fully saturated rings. The van der Waals surface area contributed by atoms with E-state index in [0.29, 0.717) is 13.2 Å². The van der Waals surface area contributed by atoms with E-state index in [4.69, 9.17) is 9.47 Å². The molecular weight excluding hydrogens is 388 g/mol. The highest BCUT2D eigenvalue weighted by atomic mass is 79.9. The lowest BCUT2D eigenvalue weighted by molar-refractivity contribution is -0.142. The summed E-state index contributed by atoms with van der Waals surface area (Å²) in [5, 5.41) is 5.97. The van der Waals surface area contributed by atoms with E-state index in [-0.39, 0.29) is 30.7 Å². The third kappa shape index (κ3) is 6.10. The zero-order valence-electron chi connectivity index (χ0n) is 12.7. The summed E-state index contributed by atoms with van der Waals surface area (Å²) >= 11 is 3.37. The van der Waals surface area contributed by atoms with Crippen molar-refractivity contribution < 1.29 is 19.1 Å². The Bertz CT molecular complexity index is 521. The Hall–Kier alpha value is -1.15. The molecule has 1 aromatic rings. The highest BCUT2D eigenvalue weighted by molar-refractivity contribution is 9.10. The van der Waals surface area contributed by atoms with Crippen LogP contribution < -0.4 is 10.6 Å². The first-order chi connectivity index (χ1) is 10.6. The van der Waals surface area contributed by atoms with E-state index in [9.17, 15) is 9.59 Å². The highest BCUT2D eigenvalue weighted by Gasteiger charge is 2.26. The molecule has 2 N–H and O–H groups in total. The fourth-order valence-corrected chi connectivity index (χ4v) is 2.46. The average molecular weight is 408 g/mol. The molecule has 23 heavy (non-hydrogen) atoms. The van der Waals surface area contributed by atoms with Gasteiger partial charge in [-0.1, -0.05) is 28.1 Å². The number of esters is 1. The van der Waals surface area contributed by atoms with Crippen molar-refractivity contribution in [3.05, 3.63) is 34.3 Å². The van der Waals surface area contributed by atoms with Crippen LogP contribution in [0.2, 0.25) is 0 Å². The van der Waals surface area contributed by atoms with Crippen LogP contribution in [0.3, 0.4) is 0 Å². The van der Waals surface area contributed by atoms with Crippen LogP contribution >= 0.6 is 28.3 Å². The van der Waals surface area contributed by atoms with Crippen LogP contribution in [-0.2, 0) is 19.1 Å². The molecule has 6 nitrogen and oxygen atoms in total. The number of nitrogens with one attached hydrogen (secondary N) is 2. The summed E-state index contributed by atoms with van der Waals surface area (Å²) in [6.45, 7) is 1.71. The summed E-state index contributed by atoms with van der Waals surface area (Å²) in [6.07, 6.45) is -0.464. The second kappa shape index (κ2) is 9.87. The first kappa shape index (κ1) is 19.9. The van der Waals surface area contributed by atoms with E-state index in [2.05, 4.69) is 26.6 Å². The molecule has 0 radical (unpaired) electrons. The maximum Gasteiger partial charge on any atom is 0.307 e. The molecule has 0 aliphatic carbocycles. The summed E-state index contributed by atoms with van der Waals surface area (Å²) in [7, 11) is 1.33. The summed E-state index contributed by atoms with van der Waals surface area (Å²) in [5.74, 6) is -0.611. The van der Waals surface area contributed by atoms with Gasteiger partial charge in [0.15, 0.2) is 0 Å². The highest BCUT2D eigenvalue weighted by Crippen LogP contribution is 2.20. The second-order valence-electron chi connectivity index (χ2n) is 4.96. The predicted molar refractivity (Wildman–Crippen MR) is 91.5 cm³/mol. The molecule has 0 spiro atoms. The van der Waals surface area contributed by atoms with Gasteiger partial charge in [0.1, 0.15) is 6.10 Å². The molecule has 1 aromatic carbocycles. The van der Waals surface area contributed by atoms with E-state index in [1.54, 1.807) is 0 Å². The Morgan fingerprint density at radius 1 is 1.43 bits per heavy atom. The van der Waals surface area contributed by atoms with Crippen molar-refractivity contribution in [1.29, 1.82) is 0 Å². The number of carbonyl (C=O) groups is 2. The molecule has 2 rings (SSSR count). The number of halogens is 2. The predicted octanol–water partition coefficient (Wildman–Crippen LogP) is 1.58. The molecule has 1 heterocycles. The van der Waals surface area contributed by atoms with Gasteiger partial charge in [0.2, 0.25) is 0 Å². The van der Waals surface area contributed by atoms with Crippen LogP contribution in [0.4, 0.5) is 0 Å². The van der Waals surface area contributed by atoms with Gasteiger partial charge in [-0.25, -0.2) is 0 Å². The number of amides is 1. The van der Waals surface area contributed by atoms with Crippen molar-refractivity contribution >= 4 is 40.2 Å². The molecule has 2 atom stereocenters. The van der Waals surface area contributed by atoms with E-state index in [0.717, 1.165) is 16.6 Å². The number of benzene rings is 1. The molecule has 1 aliphatic heterocycles. The summed E-state index contributed by atoms with van der Waals surface area (Å²) in [6, 6.07) is 7.00. The van der Waals surface area contributed by atoms with Crippen LogP contribution in [0.25, 0.3) is 0 Å². The van der Waals surface area contributed by atoms with Gasteiger partial charge < -0.3 is 20.1 Å². The molecule has 8 heteroatoms. The van der Waals surface area contributed by atoms with Gasteiger partial charge in [-0.3, -0.25) is 9.59 Å². The smallest absolute Gasteiger partial charge is 0.307 e. The summed E-state index contributed by atoms with van der Waals surface area (Å²) in [5.41, 5.74) is 0.839. The lowest BCUT2D eigenvalue weighted by Crippen LogP contribution is -2.48. The van der Waals surface area contributed by atoms with Crippen LogP contribution in [0, 0.1) is 0 Å². The fraction of sp³-hybridized carbons (Fsp3) is 0.467. The zero-order chi connectivity index (χ0) is 15.9. The number of morpholine rings is 1. The molecule has 1 aliphatic rings. The fourth-order valence-electron chi connectivity index (χ4n) is 2.20.